The van der Waals surface area contributed by atoms with E-state index in [0.717, 1.165) is 6.07 Å². The quantitative estimate of drug-likeness (QED) is 0.597. The van der Waals surface area contributed by atoms with Crippen LogP contribution in [0.2, 0.25) is 0 Å². The van der Waals surface area contributed by atoms with Gasteiger partial charge in [0.2, 0.25) is 0 Å². The Balaban J connectivity index is 3.20. The summed E-state index contributed by atoms with van der Waals surface area (Å²) >= 11 is 5.94. The van der Waals surface area contributed by atoms with Crippen molar-refractivity contribution in [2.45, 2.75) is 11.8 Å². The molecule has 0 N–H and O–H groups in total. The van der Waals surface area contributed by atoms with E-state index in [9.17, 15) is 13.2 Å². The highest BCUT2D eigenvalue weighted by Crippen LogP contribution is 2.25. The van der Waals surface area contributed by atoms with E-state index in [1.807, 2.05) is 0 Å². The Morgan fingerprint density at radius 3 is 2.46 bits per heavy atom. The van der Waals surface area contributed by atoms with Crippen LogP contribution >= 0.6 is 31.9 Å². The van der Waals surface area contributed by atoms with E-state index < -0.39 is 17.9 Å². The van der Waals surface area contributed by atoms with E-state index in [-0.39, 0.29) is 15.5 Å². The molecule has 0 aliphatic rings. The minimum Gasteiger partial charge on any atom is -0.239 e. The summed E-state index contributed by atoms with van der Waals surface area (Å²) in [5.41, 5.74) is -0.321. The van der Waals surface area contributed by atoms with Crippen LogP contribution in [-0.2, 0) is 5.33 Å². The lowest BCUT2D eigenvalue weighted by molar-refractivity contribution is 0.145. The van der Waals surface area contributed by atoms with Crippen molar-refractivity contribution < 1.29 is 13.2 Å². The second-order valence-electron chi connectivity index (χ2n) is 2.23. The molecule has 0 radical (unpaired) electrons. The van der Waals surface area contributed by atoms with Gasteiger partial charge in [0.1, 0.15) is 16.1 Å². The third-order valence-corrected chi connectivity index (χ3v) is 2.61. The number of rotatable bonds is 2. The van der Waals surface area contributed by atoms with Gasteiger partial charge < -0.3 is 0 Å². The van der Waals surface area contributed by atoms with Crippen molar-refractivity contribution in [2.75, 3.05) is 0 Å². The van der Waals surface area contributed by atoms with Crippen LogP contribution in [0.15, 0.2) is 10.7 Å². The molecule has 0 aromatic carbocycles. The number of hydrogen-bond donors (Lipinski definition) is 0. The Hall–Kier alpha value is -0.100. The van der Waals surface area contributed by atoms with Gasteiger partial charge in [-0.2, -0.15) is 0 Å². The molecule has 0 aliphatic heterocycles. The minimum atomic E-state index is -2.75. The number of nitrogens with zero attached hydrogens (tertiary/aromatic N) is 1. The summed E-state index contributed by atoms with van der Waals surface area (Å²) in [6.07, 6.45) is -2.75. The van der Waals surface area contributed by atoms with Crippen molar-refractivity contribution in [3.05, 3.63) is 27.7 Å². The maximum atomic E-state index is 13.0. The van der Waals surface area contributed by atoms with E-state index in [2.05, 4.69) is 36.8 Å². The largest absolute Gasteiger partial charge is 0.280 e. The first-order chi connectivity index (χ1) is 6.06. The highest BCUT2D eigenvalue weighted by molar-refractivity contribution is 9.10. The first kappa shape index (κ1) is 11.0. The van der Waals surface area contributed by atoms with Crippen molar-refractivity contribution in [3.63, 3.8) is 0 Å². The van der Waals surface area contributed by atoms with Gasteiger partial charge in [0.15, 0.2) is 0 Å². The second-order valence-corrected chi connectivity index (χ2v) is 3.54. The normalized spacial score (nSPS) is 10.9. The van der Waals surface area contributed by atoms with E-state index in [1.54, 1.807) is 0 Å². The van der Waals surface area contributed by atoms with Crippen LogP contribution in [0.3, 0.4) is 0 Å². The SMILES string of the molecule is Fc1cc(C(F)F)nc(Br)c1CBr. The Kier molecular flexibility index (Phi) is 3.73. The maximum absolute atomic E-state index is 13.0. The van der Waals surface area contributed by atoms with Gasteiger partial charge in [0.05, 0.1) is 0 Å². The summed E-state index contributed by atoms with van der Waals surface area (Å²) in [6, 6.07) is 0.742. The average Bonchev–Trinajstić information content (AvgIpc) is 2.03. The Labute approximate surface area is 89.6 Å². The van der Waals surface area contributed by atoms with Gasteiger partial charge in [-0.15, -0.1) is 0 Å². The Morgan fingerprint density at radius 1 is 1.46 bits per heavy atom. The highest BCUT2D eigenvalue weighted by Gasteiger charge is 2.15. The molecule has 13 heavy (non-hydrogen) atoms. The summed E-state index contributed by atoms with van der Waals surface area (Å²) in [5.74, 6) is -0.686. The Bertz CT molecular complexity index is 294. The van der Waals surface area contributed by atoms with Crippen LogP contribution < -0.4 is 0 Å². The zero-order chi connectivity index (χ0) is 10.0. The monoisotopic (exact) mass is 317 g/mol. The zero-order valence-electron chi connectivity index (χ0n) is 6.20. The lowest BCUT2D eigenvalue weighted by Crippen LogP contribution is -1.97. The summed E-state index contributed by atoms with van der Waals surface area (Å²) in [5, 5.41) is 0.232. The van der Waals surface area contributed by atoms with Crippen LogP contribution in [-0.4, -0.2) is 4.98 Å². The molecular formula is C7H4Br2F3N. The lowest BCUT2D eigenvalue weighted by atomic mass is 10.2. The highest BCUT2D eigenvalue weighted by atomic mass is 79.9. The molecule has 6 heteroatoms. The van der Waals surface area contributed by atoms with Gasteiger partial charge in [0, 0.05) is 17.0 Å². The number of pyridine rings is 1. The molecule has 0 saturated heterocycles. The predicted molar refractivity (Wildman–Crippen MR) is 49.5 cm³/mol. The summed E-state index contributed by atoms with van der Waals surface area (Å²) in [7, 11) is 0. The number of aromatic nitrogens is 1. The lowest BCUT2D eigenvalue weighted by Gasteiger charge is -2.04. The van der Waals surface area contributed by atoms with Gasteiger partial charge in [-0.25, -0.2) is 18.2 Å². The second kappa shape index (κ2) is 4.41. The van der Waals surface area contributed by atoms with Crippen LogP contribution in [0.5, 0.6) is 0 Å². The predicted octanol–water partition coefficient (Wildman–Crippen LogP) is 3.82. The van der Waals surface area contributed by atoms with Crippen molar-refractivity contribution >= 4 is 31.9 Å². The maximum Gasteiger partial charge on any atom is 0.280 e. The number of halogens is 5. The van der Waals surface area contributed by atoms with E-state index in [1.165, 1.54) is 0 Å². The van der Waals surface area contributed by atoms with Gasteiger partial charge in [0.25, 0.3) is 6.43 Å². The third-order valence-electron chi connectivity index (χ3n) is 1.40. The number of alkyl halides is 3. The van der Waals surface area contributed by atoms with Crippen LogP contribution in [0.4, 0.5) is 13.2 Å². The van der Waals surface area contributed by atoms with Gasteiger partial charge in [-0.3, -0.25) is 0 Å². The first-order valence-corrected chi connectivity index (χ1v) is 5.16. The number of hydrogen-bond acceptors (Lipinski definition) is 1. The third kappa shape index (κ3) is 2.43. The molecule has 72 valence electrons. The molecule has 0 amide bonds. The first-order valence-electron chi connectivity index (χ1n) is 3.25. The van der Waals surface area contributed by atoms with Gasteiger partial charge in [-0.1, -0.05) is 15.9 Å². The molecular weight excluding hydrogens is 315 g/mol. The molecule has 1 aromatic rings. The smallest absolute Gasteiger partial charge is 0.239 e. The van der Waals surface area contributed by atoms with Crippen molar-refractivity contribution in [1.29, 1.82) is 0 Å². The minimum absolute atomic E-state index is 0.111. The molecule has 0 atom stereocenters. The van der Waals surface area contributed by atoms with Crippen molar-refractivity contribution in [3.8, 4) is 0 Å². The van der Waals surface area contributed by atoms with Crippen LogP contribution in [0, 0.1) is 5.82 Å². The fourth-order valence-electron chi connectivity index (χ4n) is 0.759. The molecule has 0 fully saturated rings. The summed E-state index contributed by atoms with van der Waals surface area (Å²) < 4.78 is 37.4. The molecule has 1 nitrogen and oxygen atoms in total. The summed E-state index contributed by atoms with van der Waals surface area (Å²) in [6.45, 7) is 0. The molecule has 1 rings (SSSR count). The van der Waals surface area contributed by atoms with Crippen molar-refractivity contribution in [2.24, 2.45) is 0 Å². The van der Waals surface area contributed by atoms with Crippen LogP contribution in [0.25, 0.3) is 0 Å². The fraction of sp³-hybridized carbons (Fsp3) is 0.286. The molecule has 0 aliphatic carbocycles. The summed E-state index contributed by atoms with van der Waals surface area (Å²) in [4.78, 5) is 3.50. The van der Waals surface area contributed by atoms with Crippen molar-refractivity contribution in [1.82, 2.24) is 4.98 Å². The molecule has 1 aromatic heterocycles. The molecule has 0 spiro atoms. The molecule has 0 unspecified atom stereocenters. The Morgan fingerprint density at radius 2 is 2.08 bits per heavy atom. The van der Waals surface area contributed by atoms with E-state index >= 15 is 0 Å². The zero-order valence-corrected chi connectivity index (χ0v) is 9.37. The topological polar surface area (TPSA) is 12.9 Å². The van der Waals surface area contributed by atoms with E-state index in [4.69, 9.17) is 0 Å². The van der Waals surface area contributed by atoms with Gasteiger partial charge >= 0.3 is 0 Å². The average molecular weight is 319 g/mol. The standard InChI is InChI=1S/C7H4Br2F3N/c8-2-3-4(10)1-5(7(11)12)13-6(3)9/h1,7H,2H2. The molecule has 0 bridgehead atoms. The van der Waals surface area contributed by atoms with E-state index in [0.29, 0.717) is 0 Å². The van der Waals surface area contributed by atoms with Crippen LogP contribution in [0.1, 0.15) is 17.7 Å². The molecule has 1 heterocycles. The fourth-order valence-corrected chi connectivity index (χ4v) is 2.20. The molecule has 0 saturated carbocycles. The van der Waals surface area contributed by atoms with Gasteiger partial charge in [-0.05, 0) is 15.9 Å².